The highest BCUT2D eigenvalue weighted by atomic mass is 127. The molecular formula is C9H8FIO. The fourth-order valence-electron chi connectivity index (χ4n) is 1.01. The summed E-state index contributed by atoms with van der Waals surface area (Å²) in [5, 5.41) is 0. The van der Waals surface area contributed by atoms with Gasteiger partial charge in [-0.05, 0) is 30.7 Å². The Balaban J connectivity index is 3.09. The Hall–Kier alpha value is -0.450. The fraction of sp³-hybridized carbons (Fsp3) is 0.222. The van der Waals surface area contributed by atoms with E-state index < -0.39 is 0 Å². The van der Waals surface area contributed by atoms with E-state index in [4.69, 9.17) is 0 Å². The van der Waals surface area contributed by atoms with E-state index >= 15 is 0 Å². The van der Waals surface area contributed by atoms with Crippen molar-refractivity contribution in [3.8, 4) is 0 Å². The SMILES string of the molecule is Cc1cc(F)ccc1C(=O)CI. The third-order valence-electron chi connectivity index (χ3n) is 1.61. The third-order valence-corrected chi connectivity index (χ3v) is 2.30. The first-order valence-corrected chi connectivity index (χ1v) is 5.03. The number of alkyl halides is 1. The number of hydrogen-bond donors (Lipinski definition) is 0. The largest absolute Gasteiger partial charge is 0.293 e. The molecule has 0 saturated heterocycles. The predicted octanol–water partition coefficient (Wildman–Crippen LogP) is 2.75. The predicted molar refractivity (Wildman–Crippen MR) is 54.4 cm³/mol. The van der Waals surface area contributed by atoms with Crippen molar-refractivity contribution in [2.45, 2.75) is 6.92 Å². The Kier molecular flexibility index (Phi) is 3.20. The van der Waals surface area contributed by atoms with Gasteiger partial charge in [0.1, 0.15) is 5.82 Å². The maximum atomic E-state index is 12.6. The summed E-state index contributed by atoms with van der Waals surface area (Å²) in [5.41, 5.74) is 1.32. The summed E-state index contributed by atoms with van der Waals surface area (Å²) in [6, 6.07) is 4.22. The summed E-state index contributed by atoms with van der Waals surface area (Å²) < 4.78 is 13.0. The molecule has 0 aromatic heterocycles. The molecule has 0 aliphatic heterocycles. The number of ketones is 1. The zero-order valence-corrected chi connectivity index (χ0v) is 8.76. The monoisotopic (exact) mass is 278 g/mol. The van der Waals surface area contributed by atoms with E-state index in [2.05, 4.69) is 0 Å². The number of carbonyl (C=O) groups excluding carboxylic acids is 1. The third kappa shape index (κ3) is 2.03. The van der Waals surface area contributed by atoms with Gasteiger partial charge in [-0.25, -0.2) is 4.39 Å². The molecule has 1 rings (SSSR count). The van der Waals surface area contributed by atoms with Crippen LogP contribution >= 0.6 is 22.6 Å². The normalized spacial score (nSPS) is 9.92. The molecule has 1 nitrogen and oxygen atoms in total. The van der Waals surface area contributed by atoms with Crippen molar-refractivity contribution in [1.29, 1.82) is 0 Å². The molecule has 0 radical (unpaired) electrons. The molecule has 0 aliphatic carbocycles. The zero-order valence-electron chi connectivity index (χ0n) is 6.60. The fourth-order valence-corrected chi connectivity index (χ4v) is 1.42. The van der Waals surface area contributed by atoms with Crippen LogP contribution in [0, 0.1) is 12.7 Å². The van der Waals surface area contributed by atoms with Crippen LogP contribution in [0.1, 0.15) is 15.9 Å². The van der Waals surface area contributed by atoms with Gasteiger partial charge in [0.25, 0.3) is 0 Å². The lowest BCUT2D eigenvalue weighted by molar-refractivity contribution is 0.102. The summed E-state index contributed by atoms with van der Waals surface area (Å²) in [5.74, 6) is -0.245. The second kappa shape index (κ2) is 3.98. The number of benzene rings is 1. The van der Waals surface area contributed by atoms with Gasteiger partial charge in [-0.1, -0.05) is 22.6 Å². The Morgan fingerprint density at radius 2 is 2.25 bits per heavy atom. The minimum atomic E-state index is -0.294. The van der Waals surface area contributed by atoms with E-state index in [1.807, 2.05) is 22.6 Å². The van der Waals surface area contributed by atoms with Crippen molar-refractivity contribution < 1.29 is 9.18 Å². The van der Waals surface area contributed by atoms with E-state index in [0.29, 0.717) is 15.6 Å². The van der Waals surface area contributed by atoms with Crippen LogP contribution in [0.5, 0.6) is 0 Å². The lowest BCUT2D eigenvalue weighted by atomic mass is 10.1. The molecule has 64 valence electrons. The molecule has 0 heterocycles. The first-order chi connectivity index (χ1) is 5.65. The highest BCUT2D eigenvalue weighted by Gasteiger charge is 2.06. The number of aryl methyl sites for hydroxylation is 1. The van der Waals surface area contributed by atoms with E-state index in [9.17, 15) is 9.18 Å². The number of carbonyl (C=O) groups is 1. The summed E-state index contributed by atoms with van der Waals surface area (Å²) >= 11 is 2.00. The van der Waals surface area contributed by atoms with Gasteiger partial charge >= 0.3 is 0 Å². The van der Waals surface area contributed by atoms with Gasteiger partial charge in [-0.2, -0.15) is 0 Å². The van der Waals surface area contributed by atoms with Crippen LogP contribution < -0.4 is 0 Å². The molecule has 12 heavy (non-hydrogen) atoms. The molecular weight excluding hydrogens is 270 g/mol. The summed E-state index contributed by atoms with van der Waals surface area (Å²) in [7, 11) is 0. The Bertz CT molecular complexity index is 309. The average Bonchev–Trinajstić information content (AvgIpc) is 2.03. The van der Waals surface area contributed by atoms with E-state index in [1.54, 1.807) is 6.92 Å². The molecule has 0 spiro atoms. The quantitative estimate of drug-likeness (QED) is 0.462. The van der Waals surface area contributed by atoms with E-state index in [-0.39, 0.29) is 11.6 Å². The van der Waals surface area contributed by atoms with Crippen molar-refractivity contribution in [3.63, 3.8) is 0 Å². The van der Waals surface area contributed by atoms with Gasteiger partial charge < -0.3 is 0 Å². The van der Waals surface area contributed by atoms with Crippen molar-refractivity contribution in [1.82, 2.24) is 0 Å². The highest BCUT2D eigenvalue weighted by molar-refractivity contribution is 14.1. The van der Waals surface area contributed by atoms with Gasteiger partial charge in [-0.15, -0.1) is 0 Å². The summed E-state index contributed by atoms with van der Waals surface area (Å²) in [4.78, 5) is 11.2. The number of hydrogen-bond acceptors (Lipinski definition) is 1. The van der Waals surface area contributed by atoms with Crippen LogP contribution in [0.15, 0.2) is 18.2 Å². The topological polar surface area (TPSA) is 17.1 Å². The molecule has 0 unspecified atom stereocenters. The first-order valence-electron chi connectivity index (χ1n) is 3.50. The second-order valence-corrected chi connectivity index (χ2v) is 3.28. The van der Waals surface area contributed by atoms with Gasteiger partial charge in [0, 0.05) is 5.56 Å². The van der Waals surface area contributed by atoms with Crippen molar-refractivity contribution >= 4 is 28.4 Å². The number of rotatable bonds is 2. The van der Waals surface area contributed by atoms with Crippen molar-refractivity contribution in [2.75, 3.05) is 4.43 Å². The highest BCUT2D eigenvalue weighted by Crippen LogP contribution is 2.11. The molecule has 1 aromatic rings. The maximum absolute atomic E-state index is 12.6. The summed E-state index contributed by atoms with van der Waals surface area (Å²) in [6.45, 7) is 1.74. The standard InChI is InChI=1S/C9H8FIO/c1-6-4-7(10)2-3-8(6)9(12)5-11/h2-4H,5H2,1H3. The Morgan fingerprint density at radius 1 is 1.58 bits per heavy atom. The van der Waals surface area contributed by atoms with Crippen LogP contribution in [0.4, 0.5) is 4.39 Å². The Labute approximate surface area is 84.1 Å². The van der Waals surface area contributed by atoms with Crippen LogP contribution in [-0.2, 0) is 0 Å². The smallest absolute Gasteiger partial charge is 0.172 e. The van der Waals surface area contributed by atoms with Crippen molar-refractivity contribution in [3.05, 3.63) is 35.1 Å². The lowest BCUT2D eigenvalue weighted by Crippen LogP contribution is -2.02. The second-order valence-electron chi connectivity index (χ2n) is 2.52. The van der Waals surface area contributed by atoms with E-state index in [1.165, 1.54) is 18.2 Å². The molecule has 3 heteroatoms. The number of halogens is 2. The van der Waals surface area contributed by atoms with Gasteiger partial charge in [-0.3, -0.25) is 4.79 Å². The molecule has 0 amide bonds. The van der Waals surface area contributed by atoms with E-state index in [0.717, 1.165) is 0 Å². The van der Waals surface area contributed by atoms with Crippen LogP contribution in [0.2, 0.25) is 0 Å². The van der Waals surface area contributed by atoms with Crippen LogP contribution in [0.3, 0.4) is 0 Å². The Morgan fingerprint density at radius 3 is 2.75 bits per heavy atom. The molecule has 0 saturated carbocycles. The lowest BCUT2D eigenvalue weighted by Gasteiger charge is -2.01. The minimum Gasteiger partial charge on any atom is -0.293 e. The van der Waals surface area contributed by atoms with Gasteiger partial charge in [0.15, 0.2) is 5.78 Å². The maximum Gasteiger partial charge on any atom is 0.172 e. The van der Waals surface area contributed by atoms with Crippen LogP contribution in [-0.4, -0.2) is 10.2 Å². The molecule has 1 aromatic carbocycles. The zero-order chi connectivity index (χ0) is 9.14. The molecule has 0 atom stereocenters. The molecule has 0 fully saturated rings. The van der Waals surface area contributed by atoms with Gasteiger partial charge in [0.05, 0.1) is 4.43 Å². The number of Topliss-reactive ketones (excluding diaryl/α,β-unsaturated/α-hetero) is 1. The molecule has 0 aliphatic rings. The minimum absolute atomic E-state index is 0.0492. The first kappa shape index (κ1) is 9.64. The molecule has 0 bridgehead atoms. The van der Waals surface area contributed by atoms with Crippen molar-refractivity contribution in [2.24, 2.45) is 0 Å². The van der Waals surface area contributed by atoms with Crippen LogP contribution in [0.25, 0.3) is 0 Å². The molecule has 0 N–H and O–H groups in total. The summed E-state index contributed by atoms with van der Waals surface area (Å²) in [6.07, 6.45) is 0. The average molecular weight is 278 g/mol. The van der Waals surface area contributed by atoms with Gasteiger partial charge in [0.2, 0.25) is 0 Å².